The number of benzene rings is 1. The van der Waals surface area contributed by atoms with E-state index in [2.05, 4.69) is 20.5 Å². The van der Waals surface area contributed by atoms with Crippen LogP contribution in [0, 0.1) is 6.92 Å². The molecule has 11 heteroatoms. The summed E-state index contributed by atoms with van der Waals surface area (Å²) in [6, 6.07) is 7.64. The first-order chi connectivity index (χ1) is 15.3. The number of rotatable bonds is 5. The van der Waals surface area contributed by atoms with Gasteiger partial charge in [-0.05, 0) is 37.6 Å². The molecule has 0 radical (unpaired) electrons. The van der Waals surface area contributed by atoms with Crippen molar-refractivity contribution in [1.29, 1.82) is 0 Å². The van der Waals surface area contributed by atoms with Crippen LogP contribution in [0.3, 0.4) is 0 Å². The largest absolute Gasteiger partial charge is 0.417 e. The van der Waals surface area contributed by atoms with E-state index < -0.39 is 18.0 Å². The molecule has 1 aromatic carbocycles. The number of hydrogen-bond acceptors (Lipinski definition) is 6. The molecular formula is C21H21F3N6O2. The second-order valence-corrected chi connectivity index (χ2v) is 7.33. The van der Waals surface area contributed by atoms with Gasteiger partial charge in [-0.15, -0.1) is 0 Å². The van der Waals surface area contributed by atoms with Crippen LogP contribution in [0.4, 0.5) is 19.0 Å². The minimum absolute atomic E-state index is 0.172. The maximum atomic E-state index is 13.5. The van der Waals surface area contributed by atoms with Crippen molar-refractivity contribution in [2.45, 2.75) is 25.7 Å². The van der Waals surface area contributed by atoms with E-state index in [1.165, 1.54) is 23.3 Å². The van der Waals surface area contributed by atoms with Gasteiger partial charge in [0.1, 0.15) is 12.0 Å². The third-order valence-corrected chi connectivity index (χ3v) is 5.03. The molecule has 8 nitrogen and oxygen atoms in total. The number of nitrogens with zero attached hydrogens (tertiary/aromatic N) is 5. The number of halogens is 3. The molecule has 32 heavy (non-hydrogen) atoms. The number of aromatic nitrogens is 4. The zero-order valence-corrected chi connectivity index (χ0v) is 17.2. The first-order valence-corrected chi connectivity index (χ1v) is 10.00. The molecule has 1 aliphatic rings. The second-order valence-electron chi connectivity index (χ2n) is 7.33. The summed E-state index contributed by atoms with van der Waals surface area (Å²) in [7, 11) is 0. The molecule has 4 rings (SSSR count). The minimum Gasteiger partial charge on any atom is -0.366 e. The average Bonchev–Trinajstić information content (AvgIpc) is 3.32. The third-order valence-electron chi connectivity index (χ3n) is 5.03. The predicted octanol–water partition coefficient (Wildman–Crippen LogP) is 3.29. The van der Waals surface area contributed by atoms with Gasteiger partial charge in [0, 0.05) is 12.7 Å². The van der Waals surface area contributed by atoms with E-state index in [4.69, 9.17) is 4.74 Å². The van der Waals surface area contributed by atoms with Gasteiger partial charge in [-0.3, -0.25) is 4.79 Å². The molecule has 168 valence electrons. The Morgan fingerprint density at radius 3 is 2.69 bits per heavy atom. The molecule has 1 atom stereocenters. The maximum Gasteiger partial charge on any atom is 0.417 e. The molecule has 2 aromatic heterocycles. The molecule has 0 aliphatic carbocycles. The van der Waals surface area contributed by atoms with E-state index >= 15 is 0 Å². The van der Waals surface area contributed by atoms with Crippen LogP contribution >= 0.6 is 0 Å². The summed E-state index contributed by atoms with van der Waals surface area (Å²) in [5, 5.41) is 11.2. The highest BCUT2D eigenvalue weighted by atomic mass is 19.4. The molecule has 1 N–H and O–H groups in total. The molecule has 3 heterocycles. The number of hydrogen-bond donors (Lipinski definition) is 1. The number of nitrogens with one attached hydrogen (secondary N) is 1. The summed E-state index contributed by atoms with van der Waals surface area (Å²) < 4.78 is 44.0. The Kier molecular flexibility index (Phi) is 6.08. The fraction of sp³-hybridized carbons (Fsp3) is 0.333. The normalized spacial score (nSPS) is 16.8. The first kappa shape index (κ1) is 21.8. The second kappa shape index (κ2) is 8.95. The molecule has 3 aromatic rings. The molecule has 1 unspecified atom stereocenters. The monoisotopic (exact) mass is 446 g/mol. The maximum absolute atomic E-state index is 13.5. The number of alkyl halides is 3. The minimum atomic E-state index is -4.45. The fourth-order valence-electron chi connectivity index (χ4n) is 3.44. The summed E-state index contributed by atoms with van der Waals surface area (Å²) in [6.07, 6.45) is -0.565. The van der Waals surface area contributed by atoms with E-state index in [-0.39, 0.29) is 18.3 Å². The van der Waals surface area contributed by atoms with Gasteiger partial charge >= 0.3 is 6.18 Å². The number of carbonyl (C=O) groups excluding carboxylic acids is 1. The van der Waals surface area contributed by atoms with Crippen LogP contribution in [0.2, 0.25) is 0 Å². The van der Waals surface area contributed by atoms with Gasteiger partial charge in [-0.2, -0.15) is 28.2 Å². The Bertz CT molecular complexity index is 1070. The fourth-order valence-corrected chi connectivity index (χ4v) is 3.44. The van der Waals surface area contributed by atoms with Crippen LogP contribution in [0.15, 0.2) is 48.9 Å². The van der Waals surface area contributed by atoms with Gasteiger partial charge in [0.05, 0.1) is 42.4 Å². The van der Waals surface area contributed by atoms with Crippen LogP contribution in [0.25, 0.3) is 5.69 Å². The van der Waals surface area contributed by atoms with Crippen LogP contribution < -0.4 is 5.32 Å². The Morgan fingerprint density at radius 2 is 2.00 bits per heavy atom. The van der Waals surface area contributed by atoms with Crippen molar-refractivity contribution in [2.24, 2.45) is 0 Å². The quantitative estimate of drug-likeness (QED) is 0.648. The van der Waals surface area contributed by atoms with E-state index in [9.17, 15) is 18.0 Å². The smallest absolute Gasteiger partial charge is 0.366 e. The SMILES string of the molecule is Cc1ccc(-n2nccn2)c(C(=O)N2CCCOC2CNc2ccc(C(F)(F)F)cn2)c1. The van der Waals surface area contributed by atoms with Crippen molar-refractivity contribution in [1.82, 2.24) is 24.9 Å². The summed E-state index contributed by atoms with van der Waals surface area (Å²) in [5.74, 6) is 0.0180. The summed E-state index contributed by atoms with van der Waals surface area (Å²) in [5.41, 5.74) is 1.07. The van der Waals surface area contributed by atoms with E-state index in [0.29, 0.717) is 30.8 Å². The molecule has 1 aliphatic heterocycles. The third kappa shape index (κ3) is 4.72. The highest BCUT2D eigenvalue weighted by molar-refractivity contribution is 5.98. The number of pyridine rings is 1. The predicted molar refractivity (Wildman–Crippen MR) is 109 cm³/mol. The zero-order valence-electron chi connectivity index (χ0n) is 17.2. The van der Waals surface area contributed by atoms with Gasteiger partial charge in [0.25, 0.3) is 5.91 Å². The topological polar surface area (TPSA) is 85.2 Å². The average molecular weight is 446 g/mol. The molecule has 0 spiro atoms. The number of ether oxygens (including phenoxy) is 1. The summed E-state index contributed by atoms with van der Waals surface area (Å²) >= 11 is 0. The number of aryl methyl sites for hydroxylation is 1. The summed E-state index contributed by atoms with van der Waals surface area (Å²) in [4.78, 5) is 20.2. The molecule has 1 amide bonds. The van der Waals surface area contributed by atoms with Crippen molar-refractivity contribution in [3.63, 3.8) is 0 Å². The Morgan fingerprint density at radius 1 is 1.22 bits per heavy atom. The zero-order chi connectivity index (χ0) is 22.7. The highest BCUT2D eigenvalue weighted by Crippen LogP contribution is 2.29. The van der Waals surface area contributed by atoms with Crippen LogP contribution in [-0.4, -0.2) is 56.7 Å². The van der Waals surface area contributed by atoms with Gasteiger partial charge < -0.3 is 15.0 Å². The van der Waals surface area contributed by atoms with Crippen molar-refractivity contribution in [3.8, 4) is 5.69 Å². The van der Waals surface area contributed by atoms with Crippen LogP contribution in [0.5, 0.6) is 0 Å². The van der Waals surface area contributed by atoms with Gasteiger partial charge in [0.2, 0.25) is 0 Å². The molecule has 0 saturated carbocycles. The van der Waals surface area contributed by atoms with Crippen LogP contribution in [-0.2, 0) is 10.9 Å². The molecule has 1 fully saturated rings. The molecule has 1 saturated heterocycles. The first-order valence-electron chi connectivity index (χ1n) is 10.00. The van der Waals surface area contributed by atoms with Gasteiger partial charge in [-0.1, -0.05) is 11.6 Å². The number of carbonyl (C=O) groups is 1. The van der Waals surface area contributed by atoms with Gasteiger partial charge in [-0.25, -0.2) is 4.98 Å². The number of anilines is 1. The Hall–Kier alpha value is -3.47. The van der Waals surface area contributed by atoms with Crippen molar-refractivity contribution >= 4 is 11.7 Å². The van der Waals surface area contributed by atoms with E-state index in [1.54, 1.807) is 17.0 Å². The Balaban J connectivity index is 1.52. The van der Waals surface area contributed by atoms with E-state index in [1.807, 2.05) is 13.0 Å². The van der Waals surface area contributed by atoms with Crippen molar-refractivity contribution in [3.05, 3.63) is 65.6 Å². The lowest BCUT2D eigenvalue weighted by Gasteiger charge is -2.36. The van der Waals surface area contributed by atoms with Crippen LogP contribution in [0.1, 0.15) is 27.9 Å². The Labute approximate surface area is 182 Å². The summed E-state index contributed by atoms with van der Waals surface area (Å²) in [6.45, 7) is 3.01. The van der Waals surface area contributed by atoms with E-state index in [0.717, 1.165) is 17.8 Å². The lowest BCUT2D eigenvalue weighted by molar-refractivity contribution is -0.137. The van der Waals surface area contributed by atoms with Crippen molar-refractivity contribution < 1.29 is 22.7 Å². The highest BCUT2D eigenvalue weighted by Gasteiger charge is 2.32. The lowest BCUT2D eigenvalue weighted by Crippen LogP contribution is -2.50. The van der Waals surface area contributed by atoms with Gasteiger partial charge in [0.15, 0.2) is 0 Å². The standard InChI is InChI=1S/C21H21F3N6O2/c1-14-3-5-17(30-27-7-8-28-30)16(11-14)20(31)29-9-2-10-32-19(29)13-26-18-6-4-15(12-25-18)21(22,23)24/h3-8,11-12,19H,2,9-10,13H2,1H3,(H,25,26). The lowest BCUT2D eigenvalue weighted by atomic mass is 10.1. The number of amides is 1. The molecular weight excluding hydrogens is 425 g/mol. The van der Waals surface area contributed by atoms with Crippen molar-refractivity contribution in [2.75, 3.05) is 25.0 Å². The molecule has 0 bridgehead atoms.